The van der Waals surface area contributed by atoms with Gasteiger partial charge in [-0.3, -0.25) is 0 Å². The Bertz CT molecular complexity index is 510. The van der Waals surface area contributed by atoms with Crippen molar-refractivity contribution in [1.82, 2.24) is 0 Å². The average molecular weight is 336 g/mol. The van der Waals surface area contributed by atoms with Crippen LogP contribution in [0.2, 0.25) is 0 Å². The number of unbranched alkanes of at least 4 members (excludes halogenated alkanes) is 6. The number of esters is 1. The Balaban J connectivity index is 2.11. The van der Waals surface area contributed by atoms with Crippen molar-refractivity contribution in [3.8, 4) is 0 Å². The van der Waals surface area contributed by atoms with E-state index in [4.69, 9.17) is 14.9 Å². The van der Waals surface area contributed by atoms with E-state index in [1.807, 2.05) is 6.92 Å². The van der Waals surface area contributed by atoms with E-state index in [2.05, 4.69) is 0 Å². The molecule has 0 aromatic heterocycles. The number of ether oxygens (including phenoxy) is 1. The van der Waals surface area contributed by atoms with Gasteiger partial charge in [-0.05, 0) is 31.9 Å². The molecule has 0 heterocycles. The first-order chi connectivity index (χ1) is 11.5. The van der Waals surface area contributed by atoms with Crippen LogP contribution in [-0.2, 0) is 4.74 Å². The summed E-state index contributed by atoms with van der Waals surface area (Å²) in [6.45, 7) is 2.13. The van der Waals surface area contributed by atoms with Crippen LogP contribution in [0.15, 0.2) is 24.3 Å². The smallest absolute Gasteiger partial charge is 0.339 e. The van der Waals surface area contributed by atoms with Gasteiger partial charge in [-0.15, -0.1) is 0 Å². The standard InChI is InChI=1S/C19H28O5/c1-15(20)11-7-5-3-2-4-6-10-14-24-19(23)17-13-9-8-12-16(17)18(21)22/h8-9,12-13,15,20H,2-7,10-11,14H2,1H3,(H,21,22). The number of carboxylic acids is 1. The van der Waals surface area contributed by atoms with Crippen molar-refractivity contribution in [2.45, 2.75) is 64.4 Å². The molecule has 5 heteroatoms. The van der Waals surface area contributed by atoms with Gasteiger partial charge in [-0.2, -0.15) is 0 Å². The van der Waals surface area contributed by atoms with E-state index in [1.54, 1.807) is 12.1 Å². The lowest BCUT2D eigenvalue weighted by Crippen LogP contribution is -2.12. The Morgan fingerprint density at radius 3 is 2.08 bits per heavy atom. The van der Waals surface area contributed by atoms with Crippen LogP contribution in [-0.4, -0.2) is 34.9 Å². The number of hydrogen-bond donors (Lipinski definition) is 2. The van der Waals surface area contributed by atoms with Crippen LogP contribution >= 0.6 is 0 Å². The number of rotatable bonds is 12. The molecule has 1 unspecified atom stereocenters. The number of carbonyl (C=O) groups is 2. The van der Waals surface area contributed by atoms with Crippen LogP contribution in [0.4, 0.5) is 0 Å². The molecule has 0 saturated heterocycles. The Kier molecular flexibility index (Phi) is 9.77. The second-order valence-corrected chi connectivity index (χ2v) is 6.10. The monoisotopic (exact) mass is 336 g/mol. The highest BCUT2D eigenvalue weighted by Crippen LogP contribution is 2.12. The minimum atomic E-state index is -1.13. The van der Waals surface area contributed by atoms with Gasteiger partial charge >= 0.3 is 11.9 Å². The van der Waals surface area contributed by atoms with Gasteiger partial charge in [0.15, 0.2) is 0 Å². The fourth-order valence-corrected chi connectivity index (χ4v) is 2.52. The quantitative estimate of drug-likeness (QED) is 0.444. The normalized spacial score (nSPS) is 11.9. The largest absolute Gasteiger partial charge is 0.478 e. The van der Waals surface area contributed by atoms with Crippen LogP contribution in [0, 0.1) is 0 Å². The predicted octanol–water partition coefficient (Wildman–Crippen LogP) is 4.04. The molecule has 1 aromatic rings. The highest BCUT2D eigenvalue weighted by atomic mass is 16.5. The number of carbonyl (C=O) groups excluding carboxylic acids is 1. The first-order valence-corrected chi connectivity index (χ1v) is 8.70. The van der Waals surface area contributed by atoms with Crippen LogP contribution in [0.25, 0.3) is 0 Å². The first kappa shape index (κ1) is 20.2. The Labute approximate surface area is 143 Å². The van der Waals surface area contributed by atoms with E-state index in [0.29, 0.717) is 6.61 Å². The third-order valence-corrected chi connectivity index (χ3v) is 3.88. The predicted molar refractivity (Wildman–Crippen MR) is 92.3 cm³/mol. The van der Waals surface area contributed by atoms with Gasteiger partial charge < -0.3 is 14.9 Å². The van der Waals surface area contributed by atoms with Crippen molar-refractivity contribution in [3.63, 3.8) is 0 Å². The zero-order chi connectivity index (χ0) is 17.8. The maximum Gasteiger partial charge on any atom is 0.339 e. The second kappa shape index (κ2) is 11.6. The van der Waals surface area contributed by atoms with Crippen molar-refractivity contribution in [2.24, 2.45) is 0 Å². The molecule has 0 aliphatic heterocycles. The summed E-state index contributed by atoms with van der Waals surface area (Å²) >= 11 is 0. The van der Waals surface area contributed by atoms with Gasteiger partial charge in [0.25, 0.3) is 0 Å². The Morgan fingerprint density at radius 2 is 1.50 bits per heavy atom. The molecule has 1 atom stereocenters. The van der Waals surface area contributed by atoms with Crippen molar-refractivity contribution < 1.29 is 24.5 Å². The van der Waals surface area contributed by atoms with Crippen LogP contribution in [0.5, 0.6) is 0 Å². The fraction of sp³-hybridized carbons (Fsp3) is 0.579. The average Bonchev–Trinajstić information content (AvgIpc) is 2.56. The third-order valence-electron chi connectivity index (χ3n) is 3.88. The van der Waals surface area contributed by atoms with Crippen molar-refractivity contribution >= 4 is 11.9 Å². The lowest BCUT2D eigenvalue weighted by Gasteiger charge is -2.07. The van der Waals surface area contributed by atoms with Crippen molar-refractivity contribution in [1.29, 1.82) is 0 Å². The lowest BCUT2D eigenvalue weighted by atomic mass is 10.1. The lowest BCUT2D eigenvalue weighted by molar-refractivity contribution is 0.0487. The minimum absolute atomic E-state index is 0.0281. The summed E-state index contributed by atoms with van der Waals surface area (Å²) in [6.07, 6.45) is 8.06. The SMILES string of the molecule is CC(O)CCCCCCCCCOC(=O)c1ccccc1C(=O)O. The Morgan fingerprint density at radius 1 is 0.958 bits per heavy atom. The molecular weight excluding hydrogens is 308 g/mol. The summed E-state index contributed by atoms with van der Waals surface area (Å²) in [5, 5.41) is 18.2. The van der Waals surface area contributed by atoms with E-state index >= 15 is 0 Å². The minimum Gasteiger partial charge on any atom is -0.478 e. The second-order valence-electron chi connectivity index (χ2n) is 6.10. The summed E-state index contributed by atoms with van der Waals surface area (Å²) < 4.78 is 5.16. The van der Waals surface area contributed by atoms with Crippen molar-refractivity contribution in [3.05, 3.63) is 35.4 Å². The van der Waals surface area contributed by atoms with Crippen LogP contribution in [0.3, 0.4) is 0 Å². The van der Waals surface area contributed by atoms with E-state index < -0.39 is 11.9 Å². The molecule has 0 spiro atoms. The summed E-state index contributed by atoms with van der Waals surface area (Å²) in [6, 6.07) is 6.08. The molecular formula is C19H28O5. The maximum atomic E-state index is 11.9. The van der Waals surface area contributed by atoms with Crippen LogP contribution < -0.4 is 0 Å². The molecule has 0 aliphatic carbocycles. The molecule has 2 N–H and O–H groups in total. The van der Waals surface area contributed by atoms with E-state index in [1.165, 1.54) is 18.6 Å². The van der Waals surface area contributed by atoms with E-state index in [0.717, 1.165) is 44.9 Å². The topological polar surface area (TPSA) is 83.8 Å². The summed E-state index contributed by atoms with van der Waals surface area (Å²) in [5.41, 5.74) is 0.0720. The molecule has 0 bridgehead atoms. The number of aliphatic hydroxyl groups is 1. The highest BCUT2D eigenvalue weighted by Gasteiger charge is 2.16. The third kappa shape index (κ3) is 8.11. The van der Waals surface area contributed by atoms with Gasteiger partial charge in [-0.1, -0.05) is 50.7 Å². The maximum absolute atomic E-state index is 11.9. The number of aliphatic hydroxyl groups excluding tert-OH is 1. The molecule has 0 aliphatic rings. The zero-order valence-electron chi connectivity index (χ0n) is 14.4. The van der Waals surface area contributed by atoms with Gasteiger partial charge in [0.2, 0.25) is 0 Å². The molecule has 0 saturated carbocycles. The number of aromatic carboxylic acids is 1. The van der Waals surface area contributed by atoms with Gasteiger partial charge in [0, 0.05) is 0 Å². The van der Waals surface area contributed by atoms with Gasteiger partial charge in [0.05, 0.1) is 23.8 Å². The van der Waals surface area contributed by atoms with Crippen molar-refractivity contribution in [2.75, 3.05) is 6.61 Å². The van der Waals surface area contributed by atoms with Gasteiger partial charge in [0.1, 0.15) is 0 Å². The van der Waals surface area contributed by atoms with E-state index in [9.17, 15) is 9.59 Å². The first-order valence-electron chi connectivity index (χ1n) is 8.70. The van der Waals surface area contributed by atoms with Crippen LogP contribution in [0.1, 0.15) is 79.0 Å². The van der Waals surface area contributed by atoms with Gasteiger partial charge in [-0.25, -0.2) is 9.59 Å². The number of carboxylic acid groups (broad SMARTS) is 1. The molecule has 0 radical (unpaired) electrons. The van der Waals surface area contributed by atoms with E-state index in [-0.39, 0.29) is 17.2 Å². The molecule has 134 valence electrons. The summed E-state index contributed by atoms with van der Waals surface area (Å²) in [5.74, 6) is -1.70. The molecule has 1 aromatic carbocycles. The molecule has 5 nitrogen and oxygen atoms in total. The zero-order valence-corrected chi connectivity index (χ0v) is 14.4. The molecule has 0 fully saturated rings. The summed E-state index contributed by atoms with van der Waals surface area (Å²) in [7, 11) is 0. The molecule has 0 amide bonds. The number of benzene rings is 1. The number of hydrogen-bond acceptors (Lipinski definition) is 4. The molecule has 24 heavy (non-hydrogen) atoms. The molecule has 1 rings (SSSR count). The fourth-order valence-electron chi connectivity index (χ4n) is 2.52. The highest BCUT2D eigenvalue weighted by molar-refractivity contribution is 6.02. The Hall–Kier alpha value is -1.88. The summed E-state index contributed by atoms with van der Waals surface area (Å²) in [4.78, 5) is 23.0.